The number of allylic oxidation sites excluding steroid dienone is 1. The van der Waals surface area contributed by atoms with Crippen molar-refractivity contribution in [3.05, 3.63) is 66.8 Å². The Balaban J connectivity index is 2.11. The zero-order valence-corrected chi connectivity index (χ0v) is 14.4. The third kappa shape index (κ3) is 3.41. The highest BCUT2D eigenvalue weighted by molar-refractivity contribution is 7.99. The van der Waals surface area contributed by atoms with Gasteiger partial charge >= 0.3 is 0 Å². The standard InChI is InChI=1S/C19H18FN3S/c1-3-4-13-24-19-22-17(14-5-7-16(20)8-6-14)18(23(19)2)15-9-11-21-12-10-15/h3-12H,13H2,1-2H3/b4-3+. The lowest BCUT2D eigenvalue weighted by Gasteiger charge is -2.07. The highest BCUT2D eigenvalue weighted by Crippen LogP contribution is 2.34. The number of pyridine rings is 1. The number of benzene rings is 1. The zero-order valence-electron chi connectivity index (χ0n) is 13.6. The van der Waals surface area contributed by atoms with Gasteiger partial charge in [-0.2, -0.15) is 0 Å². The third-order valence-electron chi connectivity index (χ3n) is 3.67. The molecule has 2 aromatic heterocycles. The minimum absolute atomic E-state index is 0.247. The minimum Gasteiger partial charge on any atom is -0.322 e. The van der Waals surface area contributed by atoms with Crippen LogP contribution in [0.4, 0.5) is 4.39 Å². The zero-order chi connectivity index (χ0) is 16.9. The molecule has 0 fully saturated rings. The molecule has 0 unspecified atom stereocenters. The second kappa shape index (κ2) is 7.45. The van der Waals surface area contributed by atoms with Crippen LogP contribution in [-0.4, -0.2) is 20.3 Å². The number of hydrogen-bond acceptors (Lipinski definition) is 3. The van der Waals surface area contributed by atoms with E-state index in [2.05, 4.69) is 15.6 Å². The molecule has 0 aliphatic heterocycles. The van der Waals surface area contributed by atoms with Gasteiger partial charge in [-0.1, -0.05) is 23.9 Å². The molecule has 3 aromatic rings. The smallest absolute Gasteiger partial charge is 0.169 e. The summed E-state index contributed by atoms with van der Waals surface area (Å²) in [5, 5.41) is 0.930. The van der Waals surface area contributed by atoms with E-state index in [0.29, 0.717) is 0 Å². The van der Waals surface area contributed by atoms with Crippen molar-refractivity contribution in [3.63, 3.8) is 0 Å². The first kappa shape index (κ1) is 16.5. The predicted molar refractivity (Wildman–Crippen MR) is 97.4 cm³/mol. The van der Waals surface area contributed by atoms with Crippen LogP contribution in [0.1, 0.15) is 6.92 Å². The van der Waals surface area contributed by atoms with Gasteiger partial charge in [-0.05, 0) is 43.3 Å². The first-order chi connectivity index (χ1) is 11.7. The predicted octanol–water partition coefficient (Wildman–Crippen LogP) is 4.96. The summed E-state index contributed by atoms with van der Waals surface area (Å²) in [5.74, 6) is 0.614. The second-order valence-electron chi connectivity index (χ2n) is 5.27. The van der Waals surface area contributed by atoms with Gasteiger partial charge in [-0.15, -0.1) is 0 Å². The average Bonchev–Trinajstić information content (AvgIpc) is 2.93. The molecule has 3 nitrogen and oxygen atoms in total. The van der Waals surface area contributed by atoms with Crippen molar-refractivity contribution in [2.75, 3.05) is 5.75 Å². The highest BCUT2D eigenvalue weighted by Gasteiger charge is 2.18. The Labute approximate surface area is 145 Å². The molecular weight excluding hydrogens is 321 g/mol. The Morgan fingerprint density at radius 2 is 1.79 bits per heavy atom. The molecule has 0 radical (unpaired) electrons. The van der Waals surface area contributed by atoms with E-state index in [9.17, 15) is 4.39 Å². The molecule has 24 heavy (non-hydrogen) atoms. The maximum Gasteiger partial charge on any atom is 0.169 e. The quantitative estimate of drug-likeness (QED) is 0.486. The van der Waals surface area contributed by atoms with Crippen molar-refractivity contribution >= 4 is 11.8 Å². The molecule has 3 rings (SSSR count). The Morgan fingerprint density at radius 1 is 1.08 bits per heavy atom. The van der Waals surface area contributed by atoms with Gasteiger partial charge in [0.15, 0.2) is 5.16 Å². The van der Waals surface area contributed by atoms with Crippen LogP contribution >= 0.6 is 11.8 Å². The molecule has 5 heteroatoms. The van der Waals surface area contributed by atoms with Gasteiger partial charge in [-0.3, -0.25) is 4.98 Å². The first-order valence-electron chi connectivity index (χ1n) is 7.67. The van der Waals surface area contributed by atoms with Gasteiger partial charge in [0.1, 0.15) is 5.82 Å². The van der Waals surface area contributed by atoms with E-state index in [0.717, 1.165) is 33.4 Å². The van der Waals surface area contributed by atoms with Crippen molar-refractivity contribution in [1.82, 2.24) is 14.5 Å². The Bertz CT molecular complexity index is 839. The van der Waals surface area contributed by atoms with Gasteiger partial charge in [-0.25, -0.2) is 9.37 Å². The summed E-state index contributed by atoms with van der Waals surface area (Å²) in [6.45, 7) is 2.01. The highest BCUT2D eigenvalue weighted by atomic mass is 32.2. The fraction of sp³-hybridized carbons (Fsp3) is 0.158. The van der Waals surface area contributed by atoms with E-state index >= 15 is 0 Å². The first-order valence-corrected chi connectivity index (χ1v) is 8.66. The Hall–Kier alpha value is -2.40. The molecule has 122 valence electrons. The molecule has 0 aliphatic carbocycles. The van der Waals surface area contributed by atoms with Gasteiger partial charge in [0.2, 0.25) is 0 Å². The summed E-state index contributed by atoms with van der Waals surface area (Å²) in [7, 11) is 2.01. The molecule has 0 saturated heterocycles. The van der Waals surface area contributed by atoms with Crippen LogP contribution < -0.4 is 0 Å². The number of hydrogen-bond donors (Lipinski definition) is 0. The lowest BCUT2D eigenvalue weighted by atomic mass is 10.1. The Kier molecular flexibility index (Phi) is 5.11. The van der Waals surface area contributed by atoms with E-state index in [4.69, 9.17) is 4.98 Å². The van der Waals surface area contributed by atoms with E-state index < -0.39 is 0 Å². The lowest BCUT2D eigenvalue weighted by molar-refractivity contribution is 0.628. The number of nitrogens with zero attached hydrogens (tertiary/aromatic N) is 3. The van der Waals surface area contributed by atoms with Crippen LogP contribution in [0, 0.1) is 5.82 Å². The molecular formula is C19H18FN3S. The molecule has 0 amide bonds. The van der Waals surface area contributed by atoms with E-state index in [1.54, 1.807) is 36.3 Å². The van der Waals surface area contributed by atoms with Gasteiger partial charge < -0.3 is 4.57 Å². The molecule has 0 atom stereocenters. The van der Waals surface area contributed by atoms with Crippen LogP contribution in [-0.2, 0) is 7.05 Å². The molecule has 0 bridgehead atoms. The van der Waals surface area contributed by atoms with Crippen molar-refractivity contribution in [3.8, 4) is 22.5 Å². The molecule has 0 spiro atoms. The number of halogens is 1. The summed E-state index contributed by atoms with van der Waals surface area (Å²) >= 11 is 1.67. The summed E-state index contributed by atoms with van der Waals surface area (Å²) < 4.78 is 15.4. The number of rotatable bonds is 5. The summed E-state index contributed by atoms with van der Waals surface area (Å²) in [6.07, 6.45) is 7.66. The van der Waals surface area contributed by atoms with Gasteiger partial charge in [0.05, 0.1) is 11.4 Å². The van der Waals surface area contributed by atoms with Gasteiger partial charge in [0, 0.05) is 36.3 Å². The summed E-state index contributed by atoms with van der Waals surface area (Å²) in [4.78, 5) is 8.90. The number of aromatic nitrogens is 3. The molecule has 1 aromatic carbocycles. The van der Waals surface area contributed by atoms with Crippen molar-refractivity contribution in [2.45, 2.75) is 12.1 Å². The molecule has 0 aliphatic rings. The SMILES string of the molecule is C/C=C/CSc1nc(-c2ccc(F)cc2)c(-c2ccncc2)n1C. The summed E-state index contributed by atoms with van der Waals surface area (Å²) in [6, 6.07) is 10.4. The van der Waals surface area contributed by atoms with Crippen molar-refractivity contribution < 1.29 is 4.39 Å². The fourth-order valence-corrected chi connectivity index (χ4v) is 3.35. The number of imidazole rings is 1. The molecule has 2 heterocycles. The van der Waals surface area contributed by atoms with Crippen LogP contribution in [0.3, 0.4) is 0 Å². The van der Waals surface area contributed by atoms with Crippen LogP contribution in [0.25, 0.3) is 22.5 Å². The van der Waals surface area contributed by atoms with Gasteiger partial charge in [0.25, 0.3) is 0 Å². The maximum atomic E-state index is 13.3. The van der Waals surface area contributed by atoms with Crippen molar-refractivity contribution in [2.24, 2.45) is 7.05 Å². The summed E-state index contributed by atoms with van der Waals surface area (Å²) in [5.41, 5.74) is 3.80. The van der Waals surface area contributed by atoms with Crippen LogP contribution in [0.2, 0.25) is 0 Å². The minimum atomic E-state index is -0.247. The van der Waals surface area contributed by atoms with E-state index in [-0.39, 0.29) is 5.82 Å². The fourth-order valence-electron chi connectivity index (χ4n) is 2.48. The lowest BCUT2D eigenvalue weighted by Crippen LogP contribution is -1.95. The van der Waals surface area contributed by atoms with E-state index in [1.807, 2.05) is 32.2 Å². The Morgan fingerprint density at radius 3 is 2.46 bits per heavy atom. The number of thioether (sulfide) groups is 1. The topological polar surface area (TPSA) is 30.7 Å². The van der Waals surface area contributed by atoms with Crippen LogP contribution in [0.15, 0.2) is 66.1 Å². The van der Waals surface area contributed by atoms with E-state index in [1.165, 1.54) is 12.1 Å². The van der Waals surface area contributed by atoms with Crippen molar-refractivity contribution in [1.29, 1.82) is 0 Å². The third-order valence-corrected chi connectivity index (χ3v) is 4.65. The normalized spacial score (nSPS) is 11.3. The average molecular weight is 339 g/mol. The second-order valence-corrected chi connectivity index (χ2v) is 6.26. The maximum absolute atomic E-state index is 13.3. The largest absolute Gasteiger partial charge is 0.322 e. The molecule has 0 N–H and O–H groups in total. The molecule has 0 saturated carbocycles. The monoisotopic (exact) mass is 339 g/mol. The van der Waals surface area contributed by atoms with Crippen LogP contribution in [0.5, 0.6) is 0 Å².